The number of fused-ring (bicyclic) bond motifs is 14. The fourth-order valence-corrected chi connectivity index (χ4v) is 7.39. The lowest BCUT2D eigenvalue weighted by Gasteiger charge is -2.33. The molecule has 8 aromatic rings. The van der Waals surface area contributed by atoms with E-state index in [0.29, 0.717) is 0 Å². The average Bonchev–Trinajstić information content (AvgIpc) is 3.66. The minimum absolute atomic E-state index is 0.0266. The van der Waals surface area contributed by atoms with E-state index in [-0.39, 0.29) is 6.98 Å². The maximum absolute atomic E-state index is 4.89. The summed E-state index contributed by atoms with van der Waals surface area (Å²) in [6, 6.07) is 44.2. The number of rotatable bonds is 1. The van der Waals surface area contributed by atoms with Crippen LogP contribution in [-0.2, 0) is 0 Å². The number of para-hydroxylation sites is 3. The molecule has 0 radical (unpaired) electrons. The highest BCUT2D eigenvalue weighted by atomic mass is 15.2. The SMILES string of the molecule is c1ccc2c(c1)B1N(c3cccnc3-2)c2cc(-n3c4ccccc4c4ccccc43)cc3c4ccccc4n1c23. The van der Waals surface area contributed by atoms with Gasteiger partial charge in [0.05, 0.1) is 33.6 Å². The summed E-state index contributed by atoms with van der Waals surface area (Å²) in [6.45, 7) is 0.0266. The first-order valence-electron chi connectivity index (χ1n) is 13.8. The molecule has 5 heterocycles. The van der Waals surface area contributed by atoms with Gasteiger partial charge in [-0.25, -0.2) is 0 Å². The third-order valence-corrected chi connectivity index (χ3v) is 8.90. The molecular formula is C35H21BN4. The molecule has 0 saturated carbocycles. The quantitative estimate of drug-likeness (QED) is 0.213. The summed E-state index contributed by atoms with van der Waals surface area (Å²) in [5.74, 6) is 0. The van der Waals surface area contributed by atoms with Gasteiger partial charge in [0, 0.05) is 44.5 Å². The minimum Gasteiger partial charge on any atom is -0.359 e. The second kappa shape index (κ2) is 7.22. The Balaban J connectivity index is 1.38. The number of benzene rings is 5. The van der Waals surface area contributed by atoms with Gasteiger partial charge >= 0.3 is 6.98 Å². The second-order valence-corrected chi connectivity index (χ2v) is 10.8. The number of nitrogens with zero attached hydrogens (tertiary/aromatic N) is 4. The summed E-state index contributed by atoms with van der Waals surface area (Å²) in [6.07, 6.45) is 1.91. The van der Waals surface area contributed by atoms with Crippen LogP contribution in [0.5, 0.6) is 0 Å². The van der Waals surface area contributed by atoms with Crippen LogP contribution in [0.1, 0.15) is 0 Å². The number of pyridine rings is 1. The predicted molar refractivity (Wildman–Crippen MR) is 166 cm³/mol. The van der Waals surface area contributed by atoms with Crippen molar-refractivity contribution in [2.45, 2.75) is 0 Å². The Morgan fingerprint density at radius 2 is 1.20 bits per heavy atom. The molecule has 40 heavy (non-hydrogen) atoms. The lowest BCUT2D eigenvalue weighted by molar-refractivity contribution is 1.18. The minimum atomic E-state index is 0.0266. The highest BCUT2D eigenvalue weighted by Crippen LogP contribution is 2.49. The first-order chi connectivity index (χ1) is 19.9. The zero-order valence-corrected chi connectivity index (χ0v) is 21.5. The fraction of sp³-hybridized carbons (Fsp3) is 0. The standard InChI is InChI=1S/C35H21BN4/c1-5-14-28-26(13-1)34-32(18-9-19-37-34)39-33-21-22(20-27-25-12-4-8-17-31(25)40(35(27)33)36(28)39)38-29-15-6-2-10-23(29)24-11-3-7-16-30(24)38/h1-21H. The molecule has 2 aliphatic heterocycles. The van der Waals surface area contributed by atoms with Crippen molar-refractivity contribution in [3.63, 3.8) is 0 Å². The van der Waals surface area contributed by atoms with E-state index < -0.39 is 0 Å². The third-order valence-electron chi connectivity index (χ3n) is 8.90. The van der Waals surface area contributed by atoms with Crippen LogP contribution in [0.3, 0.4) is 0 Å². The highest BCUT2D eigenvalue weighted by molar-refractivity contribution is 6.82. The molecule has 0 N–H and O–H groups in total. The zero-order valence-electron chi connectivity index (χ0n) is 21.5. The maximum Gasteiger partial charge on any atom is 0.421 e. The summed E-state index contributed by atoms with van der Waals surface area (Å²) >= 11 is 0. The molecule has 3 aromatic heterocycles. The molecule has 0 saturated heterocycles. The molecule has 0 unspecified atom stereocenters. The fourth-order valence-electron chi connectivity index (χ4n) is 7.39. The Morgan fingerprint density at radius 1 is 0.550 bits per heavy atom. The summed E-state index contributed by atoms with van der Waals surface area (Å²) < 4.78 is 4.98. The van der Waals surface area contributed by atoms with Crippen LogP contribution < -0.4 is 10.3 Å². The van der Waals surface area contributed by atoms with Crippen molar-refractivity contribution < 1.29 is 0 Å². The second-order valence-electron chi connectivity index (χ2n) is 10.8. The third kappa shape index (κ3) is 2.37. The Hall–Kier alpha value is -5.29. The van der Waals surface area contributed by atoms with Crippen LogP contribution in [0, 0.1) is 0 Å². The molecule has 10 rings (SSSR count). The van der Waals surface area contributed by atoms with Gasteiger partial charge in [0.25, 0.3) is 0 Å². The smallest absolute Gasteiger partial charge is 0.359 e. The summed E-state index contributed by atoms with van der Waals surface area (Å²) in [5, 5.41) is 5.12. The molecule has 5 aromatic carbocycles. The van der Waals surface area contributed by atoms with E-state index in [9.17, 15) is 0 Å². The van der Waals surface area contributed by atoms with E-state index in [1.807, 2.05) is 6.20 Å². The number of anilines is 2. The van der Waals surface area contributed by atoms with Crippen LogP contribution in [0.2, 0.25) is 0 Å². The number of aromatic nitrogens is 3. The zero-order chi connectivity index (χ0) is 25.9. The molecular weight excluding hydrogens is 487 g/mol. The van der Waals surface area contributed by atoms with Gasteiger partial charge in [-0.3, -0.25) is 4.98 Å². The Labute approximate surface area is 230 Å². The van der Waals surface area contributed by atoms with E-state index >= 15 is 0 Å². The van der Waals surface area contributed by atoms with Gasteiger partial charge in [-0.1, -0.05) is 78.9 Å². The predicted octanol–water partition coefficient (Wildman–Crippen LogP) is 7.66. The lowest BCUT2D eigenvalue weighted by atomic mass is 9.61. The van der Waals surface area contributed by atoms with Crippen LogP contribution in [0.25, 0.3) is 60.6 Å². The molecule has 4 nitrogen and oxygen atoms in total. The topological polar surface area (TPSA) is 26.0 Å². The molecule has 0 spiro atoms. The van der Waals surface area contributed by atoms with Crippen molar-refractivity contribution in [2.24, 2.45) is 0 Å². The van der Waals surface area contributed by atoms with Crippen molar-refractivity contribution in [3.05, 3.63) is 128 Å². The molecule has 2 aliphatic rings. The Morgan fingerprint density at radius 3 is 1.98 bits per heavy atom. The van der Waals surface area contributed by atoms with E-state index in [0.717, 1.165) is 11.4 Å². The number of hydrogen-bond acceptors (Lipinski definition) is 2. The summed E-state index contributed by atoms with van der Waals surface area (Å²) in [5.41, 5.74) is 12.1. The van der Waals surface area contributed by atoms with Crippen molar-refractivity contribution in [2.75, 3.05) is 4.81 Å². The Bertz CT molecular complexity index is 2310. The van der Waals surface area contributed by atoms with E-state index in [2.05, 4.69) is 135 Å². The van der Waals surface area contributed by atoms with Crippen LogP contribution >= 0.6 is 0 Å². The van der Waals surface area contributed by atoms with Gasteiger partial charge < -0.3 is 13.9 Å². The molecule has 0 amide bonds. The van der Waals surface area contributed by atoms with E-state index in [1.54, 1.807) is 0 Å². The molecule has 0 aliphatic carbocycles. The summed E-state index contributed by atoms with van der Waals surface area (Å²) in [7, 11) is 0. The van der Waals surface area contributed by atoms with Crippen molar-refractivity contribution >= 4 is 67.4 Å². The van der Waals surface area contributed by atoms with Gasteiger partial charge in [0.2, 0.25) is 0 Å². The van der Waals surface area contributed by atoms with Crippen molar-refractivity contribution in [1.29, 1.82) is 0 Å². The normalized spacial score (nSPS) is 13.4. The lowest BCUT2D eigenvalue weighted by Crippen LogP contribution is -2.51. The summed E-state index contributed by atoms with van der Waals surface area (Å²) in [4.78, 5) is 7.40. The first kappa shape index (κ1) is 20.6. The Kier molecular flexibility index (Phi) is 3.73. The van der Waals surface area contributed by atoms with Gasteiger partial charge in [0.15, 0.2) is 0 Å². The molecule has 0 bridgehead atoms. The van der Waals surface area contributed by atoms with E-state index in [1.165, 1.54) is 66.0 Å². The van der Waals surface area contributed by atoms with E-state index in [4.69, 9.17) is 4.98 Å². The van der Waals surface area contributed by atoms with Crippen molar-refractivity contribution in [3.8, 4) is 16.9 Å². The molecule has 0 fully saturated rings. The molecule has 184 valence electrons. The first-order valence-corrected chi connectivity index (χ1v) is 13.8. The van der Waals surface area contributed by atoms with Crippen molar-refractivity contribution in [1.82, 2.24) is 14.0 Å². The average molecular weight is 508 g/mol. The van der Waals surface area contributed by atoms with Crippen LogP contribution in [0.4, 0.5) is 11.4 Å². The van der Waals surface area contributed by atoms with Gasteiger partial charge in [-0.05, 0) is 47.9 Å². The maximum atomic E-state index is 4.89. The van der Waals surface area contributed by atoms with Gasteiger partial charge in [-0.15, -0.1) is 0 Å². The monoisotopic (exact) mass is 508 g/mol. The van der Waals surface area contributed by atoms with Crippen LogP contribution in [-0.4, -0.2) is 21.0 Å². The molecule has 0 atom stereocenters. The highest BCUT2D eigenvalue weighted by Gasteiger charge is 2.45. The van der Waals surface area contributed by atoms with Crippen LogP contribution in [0.15, 0.2) is 128 Å². The largest absolute Gasteiger partial charge is 0.421 e. The van der Waals surface area contributed by atoms with Gasteiger partial charge in [0.1, 0.15) is 0 Å². The van der Waals surface area contributed by atoms with Gasteiger partial charge in [-0.2, -0.15) is 0 Å². The number of hydrogen-bond donors (Lipinski definition) is 0. The molecule has 5 heteroatoms.